The van der Waals surface area contributed by atoms with Gasteiger partial charge in [-0.2, -0.15) is 0 Å². The van der Waals surface area contributed by atoms with E-state index in [1.54, 1.807) is 7.11 Å². The molecule has 0 spiro atoms. The fraction of sp³-hybridized carbons (Fsp3) is 0.667. The summed E-state index contributed by atoms with van der Waals surface area (Å²) >= 11 is 0. The van der Waals surface area contributed by atoms with Crippen molar-refractivity contribution in [3.8, 4) is 5.75 Å². The summed E-state index contributed by atoms with van der Waals surface area (Å²) in [6.07, 6.45) is 5.83. The summed E-state index contributed by atoms with van der Waals surface area (Å²) in [6, 6.07) is 8.70. The summed E-state index contributed by atoms with van der Waals surface area (Å²) in [5.41, 5.74) is 2.89. The number of benzene rings is 1. The van der Waals surface area contributed by atoms with Crippen LogP contribution < -0.4 is 9.64 Å². The van der Waals surface area contributed by atoms with Gasteiger partial charge in [0, 0.05) is 49.9 Å². The molecule has 2 heterocycles. The smallest absolute Gasteiger partial charge is 0.310 e. The van der Waals surface area contributed by atoms with Crippen molar-refractivity contribution in [2.24, 2.45) is 23.2 Å². The van der Waals surface area contributed by atoms with Crippen molar-refractivity contribution in [2.45, 2.75) is 58.1 Å². The fourth-order valence-corrected chi connectivity index (χ4v) is 7.11. The van der Waals surface area contributed by atoms with Crippen LogP contribution in [0.4, 0.5) is 5.69 Å². The van der Waals surface area contributed by atoms with Crippen LogP contribution in [0.3, 0.4) is 0 Å². The van der Waals surface area contributed by atoms with Gasteiger partial charge in [-0.3, -0.25) is 9.69 Å². The number of methoxy groups -OCH3 is 1. The molecule has 2 aliphatic heterocycles. The molecule has 2 saturated carbocycles. The van der Waals surface area contributed by atoms with Gasteiger partial charge in [-0.05, 0) is 62.5 Å². The Labute approximate surface area is 192 Å². The second kappa shape index (κ2) is 8.40. The Hall–Kier alpha value is -2.01. The number of carbonyl (C=O) groups excluding carboxylic acids is 1. The van der Waals surface area contributed by atoms with Gasteiger partial charge in [0.25, 0.3) is 0 Å². The Morgan fingerprint density at radius 3 is 2.94 bits per heavy atom. The van der Waals surface area contributed by atoms with E-state index < -0.39 is 0 Å². The third kappa shape index (κ3) is 3.83. The van der Waals surface area contributed by atoms with Crippen LogP contribution in [0.2, 0.25) is 0 Å². The summed E-state index contributed by atoms with van der Waals surface area (Å²) in [4.78, 5) is 17.9. The lowest BCUT2D eigenvalue weighted by Gasteiger charge is -2.50. The molecule has 32 heavy (non-hydrogen) atoms. The lowest BCUT2D eigenvalue weighted by atomic mass is 9.55. The Balaban J connectivity index is 1.25. The predicted molar refractivity (Wildman–Crippen MR) is 127 cm³/mol. The summed E-state index contributed by atoms with van der Waals surface area (Å²) in [5.74, 6) is 1.84. The number of esters is 1. The molecule has 4 aliphatic rings. The second-order valence-electron chi connectivity index (χ2n) is 10.9. The van der Waals surface area contributed by atoms with E-state index in [0.29, 0.717) is 17.9 Å². The van der Waals surface area contributed by atoms with Gasteiger partial charge in [0.2, 0.25) is 0 Å². The lowest BCUT2D eigenvalue weighted by molar-refractivity contribution is -0.146. The Bertz CT molecular complexity index is 885. The predicted octanol–water partition coefficient (Wildman–Crippen LogP) is 4.52. The summed E-state index contributed by atoms with van der Waals surface area (Å²) in [6.45, 7) is 12.8. The van der Waals surface area contributed by atoms with Gasteiger partial charge in [0.1, 0.15) is 11.9 Å². The third-order valence-corrected chi connectivity index (χ3v) is 8.87. The molecule has 6 atom stereocenters. The number of carbonyl (C=O) groups is 1. The van der Waals surface area contributed by atoms with E-state index >= 15 is 0 Å². The number of anilines is 1. The molecule has 0 amide bonds. The highest BCUT2D eigenvalue weighted by Gasteiger charge is 2.55. The number of fused-ring (bicyclic) bond motifs is 2. The average Bonchev–Trinajstić information content (AvgIpc) is 3.06. The van der Waals surface area contributed by atoms with E-state index in [4.69, 9.17) is 9.47 Å². The molecule has 0 bridgehead atoms. The molecular formula is C27H38N2O3. The number of ether oxygens (including phenoxy) is 2. The largest absolute Gasteiger partial charge is 0.497 e. The molecule has 0 aromatic heterocycles. The molecule has 0 N–H and O–H groups in total. The minimum absolute atomic E-state index is 0.00912. The molecule has 0 radical (unpaired) electrons. The maximum absolute atomic E-state index is 12.9. The van der Waals surface area contributed by atoms with Crippen LogP contribution in [-0.2, 0) is 9.53 Å². The van der Waals surface area contributed by atoms with Crippen LogP contribution in [-0.4, -0.2) is 56.3 Å². The number of nitrogens with zero attached hydrogens (tertiary/aromatic N) is 2. The van der Waals surface area contributed by atoms with Gasteiger partial charge in [0.15, 0.2) is 0 Å². The van der Waals surface area contributed by atoms with Crippen LogP contribution >= 0.6 is 0 Å². The number of rotatable bonds is 4. The van der Waals surface area contributed by atoms with Crippen molar-refractivity contribution in [1.29, 1.82) is 0 Å². The minimum Gasteiger partial charge on any atom is -0.497 e. The standard InChI is InChI=1S/C27H38N2O3/c1-18-7-6-10-27(3)15-25-22(14-24(18)27)23(26(30)32-25)17-28-11-12-29(19(2)16-28)20-8-5-9-21(13-20)31-4/h5,8-9,13,19,22-25H,1,6-7,10-12,14-17H2,2-4H3/t19-,22-,23-,24+,25-,27-/m1/s1. The van der Waals surface area contributed by atoms with E-state index in [2.05, 4.69) is 48.4 Å². The third-order valence-electron chi connectivity index (χ3n) is 8.87. The molecule has 5 heteroatoms. The maximum Gasteiger partial charge on any atom is 0.310 e. The first kappa shape index (κ1) is 21.8. The molecule has 0 unspecified atom stereocenters. The van der Waals surface area contributed by atoms with Crippen molar-refractivity contribution in [2.75, 3.05) is 38.2 Å². The molecule has 4 fully saturated rings. The van der Waals surface area contributed by atoms with Crippen molar-refractivity contribution >= 4 is 11.7 Å². The number of allylic oxidation sites excluding steroid dienone is 1. The quantitative estimate of drug-likeness (QED) is 0.511. The van der Waals surface area contributed by atoms with Gasteiger partial charge in [0.05, 0.1) is 13.0 Å². The molecule has 2 saturated heterocycles. The zero-order chi connectivity index (χ0) is 22.5. The maximum atomic E-state index is 12.9. The van der Waals surface area contributed by atoms with Crippen molar-refractivity contribution in [1.82, 2.24) is 4.90 Å². The molecule has 5 nitrogen and oxygen atoms in total. The highest BCUT2D eigenvalue weighted by molar-refractivity contribution is 5.75. The first-order valence-corrected chi connectivity index (χ1v) is 12.4. The summed E-state index contributed by atoms with van der Waals surface area (Å²) in [7, 11) is 1.71. The monoisotopic (exact) mass is 438 g/mol. The molecular weight excluding hydrogens is 400 g/mol. The minimum atomic E-state index is 0.00912. The highest BCUT2D eigenvalue weighted by Crippen LogP contribution is 2.57. The van der Waals surface area contributed by atoms with Crippen LogP contribution in [0.15, 0.2) is 36.4 Å². The van der Waals surface area contributed by atoms with Gasteiger partial charge in [-0.25, -0.2) is 0 Å². The lowest BCUT2D eigenvalue weighted by Crippen LogP contribution is -2.54. The van der Waals surface area contributed by atoms with Crippen LogP contribution in [0.1, 0.15) is 46.0 Å². The Morgan fingerprint density at radius 1 is 1.31 bits per heavy atom. The van der Waals surface area contributed by atoms with E-state index in [1.165, 1.54) is 24.1 Å². The van der Waals surface area contributed by atoms with E-state index in [-0.39, 0.29) is 23.4 Å². The molecule has 5 rings (SSSR count). The summed E-state index contributed by atoms with van der Waals surface area (Å²) < 4.78 is 11.4. The summed E-state index contributed by atoms with van der Waals surface area (Å²) in [5, 5.41) is 0. The topological polar surface area (TPSA) is 42.0 Å². The first-order valence-electron chi connectivity index (χ1n) is 12.4. The van der Waals surface area contributed by atoms with Crippen LogP contribution in [0.5, 0.6) is 5.75 Å². The number of piperazine rings is 1. The molecule has 2 aliphatic carbocycles. The molecule has 1 aromatic carbocycles. The fourth-order valence-electron chi connectivity index (χ4n) is 7.11. The van der Waals surface area contributed by atoms with Crippen molar-refractivity contribution in [3.63, 3.8) is 0 Å². The SMILES string of the molecule is C=C1CCC[C@]2(C)C[C@H]3OC(=O)[C@H](CN4CCN(c5cccc(OC)c5)[C@H](C)C4)[C@H]3C[C@@H]12. The normalized spacial score (nSPS) is 37.6. The van der Waals surface area contributed by atoms with Crippen molar-refractivity contribution < 1.29 is 14.3 Å². The Morgan fingerprint density at radius 2 is 2.16 bits per heavy atom. The first-order chi connectivity index (χ1) is 15.4. The Kier molecular flexibility index (Phi) is 5.73. The number of hydrogen-bond acceptors (Lipinski definition) is 5. The number of hydrogen-bond donors (Lipinski definition) is 0. The zero-order valence-corrected chi connectivity index (χ0v) is 19.9. The van der Waals surface area contributed by atoms with Crippen LogP contribution in [0, 0.1) is 23.2 Å². The van der Waals surface area contributed by atoms with Gasteiger partial charge < -0.3 is 14.4 Å². The average molecular weight is 439 g/mol. The second-order valence-corrected chi connectivity index (χ2v) is 10.9. The van der Waals surface area contributed by atoms with E-state index in [1.807, 2.05) is 6.07 Å². The zero-order valence-electron chi connectivity index (χ0n) is 19.9. The van der Waals surface area contributed by atoms with E-state index in [9.17, 15) is 4.79 Å². The van der Waals surface area contributed by atoms with Gasteiger partial charge >= 0.3 is 5.97 Å². The van der Waals surface area contributed by atoms with Crippen LogP contribution in [0.25, 0.3) is 0 Å². The van der Waals surface area contributed by atoms with E-state index in [0.717, 1.165) is 51.2 Å². The van der Waals surface area contributed by atoms with Gasteiger partial charge in [-0.1, -0.05) is 25.1 Å². The molecule has 1 aromatic rings. The van der Waals surface area contributed by atoms with Gasteiger partial charge in [-0.15, -0.1) is 0 Å². The van der Waals surface area contributed by atoms with Crippen molar-refractivity contribution in [3.05, 3.63) is 36.4 Å². The highest BCUT2D eigenvalue weighted by atomic mass is 16.6. The molecule has 174 valence electrons.